The molecule has 1 aliphatic heterocycles. The molecular formula is C18H29FN2. The SMILES string of the molecule is CCC1CCCCCN1CCC(NC)c1ccccc1F. The molecule has 0 amide bonds. The van der Waals surface area contributed by atoms with Crippen LogP contribution in [-0.4, -0.2) is 31.1 Å². The van der Waals surface area contributed by atoms with Crippen molar-refractivity contribution in [3.8, 4) is 0 Å². The van der Waals surface area contributed by atoms with E-state index in [1.54, 1.807) is 12.1 Å². The van der Waals surface area contributed by atoms with Crippen LogP contribution in [0.2, 0.25) is 0 Å². The van der Waals surface area contributed by atoms with Crippen molar-refractivity contribution in [3.05, 3.63) is 35.6 Å². The van der Waals surface area contributed by atoms with E-state index in [2.05, 4.69) is 17.1 Å². The van der Waals surface area contributed by atoms with E-state index in [4.69, 9.17) is 0 Å². The van der Waals surface area contributed by atoms with Crippen molar-refractivity contribution in [2.24, 2.45) is 0 Å². The summed E-state index contributed by atoms with van der Waals surface area (Å²) in [6.07, 6.45) is 7.53. The molecule has 2 unspecified atom stereocenters. The Morgan fingerprint density at radius 1 is 1.29 bits per heavy atom. The highest BCUT2D eigenvalue weighted by molar-refractivity contribution is 5.21. The summed E-state index contributed by atoms with van der Waals surface area (Å²) in [6, 6.07) is 7.95. The minimum atomic E-state index is -0.0974. The second-order valence-electron chi connectivity index (χ2n) is 6.10. The summed E-state index contributed by atoms with van der Waals surface area (Å²) in [6.45, 7) is 4.54. The van der Waals surface area contributed by atoms with Crippen LogP contribution < -0.4 is 5.32 Å². The first kappa shape index (κ1) is 16.4. The van der Waals surface area contributed by atoms with Crippen molar-refractivity contribution in [2.75, 3.05) is 20.1 Å². The Morgan fingerprint density at radius 2 is 2.10 bits per heavy atom. The molecule has 0 saturated carbocycles. The van der Waals surface area contributed by atoms with E-state index < -0.39 is 0 Å². The number of hydrogen-bond donors (Lipinski definition) is 1. The smallest absolute Gasteiger partial charge is 0.127 e. The molecular weight excluding hydrogens is 263 g/mol. The third-order valence-electron chi connectivity index (χ3n) is 4.80. The molecule has 3 heteroatoms. The molecule has 1 saturated heterocycles. The van der Waals surface area contributed by atoms with Gasteiger partial charge in [-0.2, -0.15) is 0 Å². The highest BCUT2D eigenvalue weighted by Gasteiger charge is 2.21. The van der Waals surface area contributed by atoms with Gasteiger partial charge in [-0.05, 0) is 45.3 Å². The fourth-order valence-corrected chi connectivity index (χ4v) is 3.50. The molecule has 0 spiro atoms. The topological polar surface area (TPSA) is 15.3 Å². The minimum Gasteiger partial charge on any atom is -0.313 e. The molecule has 0 aliphatic carbocycles. The van der Waals surface area contributed by atoms with Crippen molar-refractivity contribution >= 4 is 0 Å². The van der Waals surface area contributed by atoms with E-state index >= 15 is 0 Å². The highest BCUT2D eigenvalue weighted by atomic mass is 19.1. The van der Waals surface area contributed by atoms with Crippen LogP contribution >= 0.6 is 0 Å². The lowest BCUT2D eigenvalue weighted by atomic mass is 10.0. The molecule has 1 aromatic carbocycles. The largest absolute Gasteiger partial charge is 0.313 e. The first-order valence-corrected chi connectivity index (χ1v) is 8.42. The van der Waals surface area contributed by atoms with Crippen molar-refractivity contribution in [1.29, 1.82) is 0 Å². The van der Waals surface area contributed by atoms with Crippen molar-refractivity contribution < 1.29 is 4.39 Å². The summed E-state index contributed by atoms with van der Waals surface area (Å²) in [5.41, 5.74) is 0.794. The molecule has 1 heterocycles. The number of halogens is 1. The number of likely N-dealkylation sites (tertiary alicyclic amines) is 1. The van der Waals surface area contributed by atoms with Crippen LogP contribution in [0.4, 0.5) is 4.39 Å². The monoisotopic (exact) mass is 292 g/mol. The lowest BCUT2D eigenvalue weighted by Crippen LogP contribution is -2.36. The van der Waals surface area contributed by atoms with Gasteiger partial charge in [0, 0.05) is 24.2 Å². The normalized spacial score (nSPS) is 22.0. The van der Waals surface area contributed by atoms with E-state index in [9.17, 15) is 4.39 Å². The van der Waals surface area contributed by atoms with Gasteiger partial charge in [-0.25, -0.2) is 4.39 Å². The number of nitrogens with zero attached hydrogens (tertiary/aromatic N) is 1. The van der Waals surface area contributed by atoms with Crippen LogP contribution in [0.15, 0.2) is 24.3 Å². The lowest BCUT2D eigenvalue weighted by molar-refractivity contribution is 0.185. The van der Waals surface area contributed by atoms with Gasteiger partial charge in [0.15, 0.2) is 0 Å². The Labute approximate surface area is 128 Å². The van der Waals surface area contributed by atoms with Crippen LogP contribution in [0.3, 0.4) is 0 Å². The maximum absolute atomic E-state index is 13.9. The molecule has 0 radical (unpaired) electrons. The molecule has 1 fully saturated rings. The zero-order chi connectivity index (χ0) is 15.1. The van der Waals surface area contributed by atoms with Crippen LogP contribution in [0.1, 0.15) is 57.1 Å². The highest BCUT2D eigenvalue weighted by Crippen LogP contribution is 2.23. The number of hydrogen-bond acceptors (Lipinski definition) is 2. The molecule has 2 atom stereocenters. The van der Waals surface area contributed by atoms with E-state index in [0.29, 0.717) is 6.04 Å². The molecule has 21 heavy (non-hydrogen) atoms. The average molecular weight is 292 g/mol. The Balaban J connectivity index is 1.97. The van der Waals surface area contributed by atoms with Crippen molar-refractivity contribution in [1.82, 2.24) is 10.2 Å². The van der Waals surface area contributed by atoms with Crippen LogP contribution in [-0.2, 0) is 0 Å². The molecule has 2 nitrogen and oxygen atoms in total. The van der Waals surface area contributed by atoms with E-state index in [1.807, 2.05) is 19.2 Å². The number of rotatable bonds is 6. The van der Waals surface area contributed by atoms with Gasteiger partial charge in [0.1, 0.15) is 5.82 Å². The standard InChI is InChI=1S/C18H29FN2/c1-3-15-9-5-4-8-13-21(15)14-12-18(20-2)16-10-6-7-11-17(16)19/h6-7,10-11,15,18,20H,3-5,8-9,12-14H2,1-2H3. The Bertz CT molecular complexity index is 421. The second kappa shape index (κ2) is 8.50. The van der Waals surface area contributed by atoms with Crippen LogP contribution in [0, 0.1) is 5.82 Å². The summed E-state index contributed by atoms with van der Waals surface area (Å²) in [5, 5.41) is 3.28. The summed E-state index contributed by atoms with van der Waals surface area (Å²) in [5.74, 6) is -0.0974. The molecule has 0 aromatic heterocycles. The van der Waals surface area contributed by atoms with Gasteiger partial charge >= 0.3 is 0 Å². The predicted molar refractivity (Wildman–Crippen MR) is 86.9 cm³/mol. The Kier molecular flexibility index (Phi) is 6.65. The van der Waals surface area contributed by atoms with Crippen LogP contribution in [0.25, 0.3) is 0 Å². The van der Waals surface area contributed by atoms with Gasteiger partial charge in [0.05, 0.1) is 0 Å². The summed E-state index contributed by atoms with van der Waals surface area (Å²) in [7, 11) is 1.93. The van der Waals surface area contributed by atoms with Gasteiger partial charge in [0.2, 0.25) is 0 Å². The van der Waals surface area contributed by atoms with Crippen molar-refractivity contribution in [2.45, 2.75) is 57.5 Å². The first-order valence-electron chi connectivity index (χ1n) is 8.42. The minimum absolute atomic E-state index is 0.0974. The van der Waals surface area contributed by atoms with Gasteiger partial charge in [-0.15, -0.1) is 0 Å². The average Bonchev–Trinajstić information content (AvgIpc) is 2.74. The summed E-state index contributed by atoms with van der Waals surface area (Å²) in [4.78, 5) is 2.62. The third-order valence-corrected chi connectivity index (χ3v) is 4.80. The summed E-state index contributed by atoms with van der Waals surface area (Å²) < 4.78 is 13.9. The maximum Gasteiger partial charge on any atom is 0.127 e. The second-order valence-corrected chi connectivity index (χ2v) is 6.10. The van der Waals surface area contributed by atoms with Crippen molar-refractivity contribution in [3.63, 3.8) is 0 Å². The predicted octanol–water partition coefficient (Wildman–Crippen LogP) is 4.13. The van der Waals surface area contributed by atoms with E-state index in [1.165, 1.54) is 38.6 Å². The lowest BCUT2D eigenvalue weighted by Gasteiger charge is -2.30. The molecule has 1 aliphatic rings. The zero-order valence-corrected chi connectivity index (χ0v) is 13.4. The molecule has 1 N–H and O–H groups in total. The first-order chi connectivity index (χ1) is 10.3. The number of benzene rings is 1. The van der Waals surface area contributed by atoms with Crippen LogP contribution in [0.5, 0.6) is 0 Å². The summed E-state index contributed by atoms with van der Waals surface area (Å²) >= 11 is 0. The van der Waals surface area contributed by atoms with E-state index in [0.717, 1.165) is 18.5 Å². The van der Waals surface area contributed by atoms with Gasteiger partial charge < -0.3 is 10.2 Å². The van der Waals surface area contributed by atoms with E-state index in [-0.39, 0.29) is 11.9 Å². The zero-order valence-electron chi connectivity index (χ0n) is 13.4. The third kappa shape index (κ3) is 4.52. The van der Waals surface area contributed by atoms with Gasteiger partial charge in [-0.1, -0.05) is 38.0 Å². The van der Waals surface area contributed by atoms with Gasteiger partial charge in [0.25, 0.3) is 0 Å². The molecule has 0 bridgehead atoms. The Hall–Kier alpha value is -0.930. The fourth-order valence-electron chi connectivity index (χ4n) is 3.50. The Morgan fingerprint density at radius 3 is 2.81 bits per heavy atom. The molecule has 1 aromatic rings. The quantitative estimate of drug-likeness (QED) is 0.848. The fraction of sp³-hybridized carbons (Fsp3) is 0.667. The van der Waals surface area contributed by atoms with Gasteiger partial charge in [-0.3, -0.25) is 0 Å². The molecule has 118 valence electrons. The number of nitrogens with one attached hydrogen (secondary N) is 1. The maximum atomic E-state index is 13.9. The molecule has 2 rings (SSSR count).